The summed E-state index contributed by atoms with van der Waals surface area (Å²) in [5.74, 6) is -0.123. The minimum absolute atomic E-state index is 0.123. The van der Waals surface area contributed by atoms with Gasteiger partial charge in [0.25, 0.3) is 0 Å². The average molecular weight is 328 g/mol. The lowest BCUT2D eigenvalue weighted by Crippen LogP contribution is -2.40. The zero-order valence-electron chi connectivity index (χ0n) is 9.70. The van der Waals surface area contributed by atoms with Crippen molar-refractivity contribution < 1.29 is 4.79 Å². The molecule has 1 fully saturated rings. The molecule has 0 saturated heterocycles. The Morgan fingerprint density at radius 1 is 1.39 bits per heavy atom. The van der Waals surface area contributed by atoms with Crippen molar-refractivity contribution in [2.75, 3.05) is 11.9 Å². The van der Waals surface area contributed by atoms with E-state index < -0.39 is 0 Å². The van der Waals surface area contributed by atoms with E-state index in [1.165, 1.54) is 0 Å². The minimum Gasteiger partial charge on any atom is -0.360 e. The van der Waals surface area contributed by atoms with Crippen LogP contribution in [0.2, 0.25) is 0 Å². The summed E-state index contributed by atoms with van der Waals surface area (Å²) < 4.78 is 0.858. The van der Waals surface area contributed by atoms with Gasteiger partial charge in [-0.15, -0.1) is 0 Å². The highest BCUT2D eigenvalue weighted by Crippen LogP contribution is 2.20. The van der Waals surface area contributed by atoms with Gasteiger partial charge in [-0.3, -0.25) is 4.79 Å². The van der Waals surface area contributed by atoms with Gasteiger partial charge in [0.2, 0.25) is 5.91 Å². The van der Waals surface area contributed by atoms with Gasteiger partial charge in [0.05, 0.1) is 12.2 Å². The largest absolute Gasteiger partial charge is 0.360 e. The van der Waals surface area contributed by atoms with E-state index in [4.69, 9.17) is 12.2 Å². The molecule has 1 aromatic rings. The third-order valence-corrected chi connectivity index (χ3v) is 3.42. The van der Waals surface area contributed by atoms with Gasteiger partial charge in [-0.05, 0) is 53.1 Å². The molecule has 1 saturated carbocycles. The van der Waals surface area contributed by atoms with Crippen LogP contribution >= 0.6 is 28.1 Å². The second-order valence-electron chi connectivity index (χ2n) is 4.13. The highest BCUT2D eigenvalue weighted by Gasteiger charge is 2.21. The van der Waals surface area contributed by atoms with Crippen molar-refractivity contribution in [3.63, 3.8) is 0 Å². The topological polar surface area (TPSA) is 53.2 Å². The van der Waals surface area contributed by atoms with Gasteiger partial charge in [-0.2, -0.15) is 0 Å². The Morgan fingerprint density at radius 3 is 2.78 bits per heavy atom. The number of halogens is 1. The lowest BCUT2D eigenvalue weighted by atomic mass is 10.3. The van der Waals surface area contributed by atoms with Crippen LogP contribution < -0.4 is 16.0 Å². The number of thiocarbonyl (C=S) groups is 1. The Bertz CT molecular complexity index is 462. The second-order valence-corrected chi connectivity index (χ2v) is 5.39. The van der Waals surface area contributed by atoms with Gasteiger partial charge in [0.1, 0.15) is 0 Å². The van der Waals surface area contributed by atoms with Gasteiger partial charge in [-0.1, -0.05) is 12.1 Å². The first-order valence-corrected chi connectivity index (χ1v) is 6.94. The van der Waals surface area contributed by atoms with E-state index >= 15 is 0 Å². The lowest BCUT2D eigenvalue weighted by Gasteiger charge is -2.10. The molecular formula is C12H14BrN3OS. The average Bonchev–Trinajstić information content (AvgIpc) is 3.13. The Hall–Kier alpha value is -1.14. The molecule has 0 aromatic heterocycles. The summed E-state index contributed by atoms with van der Waals surface area (Å²) in [6.07, 6.45) is 2.32. The van der Waals surface area contributed by atoms with E-state index in [0.29, 0.717) is 11.2 Å². The van der Waals surface area contributed by atoms with E-state index in [-0.39, 0.29) is 12.5 Å². The van der Waals surface area contributed by atoms with E-state index in [9.17, 15) is 4.79 Å². The Balaban J connectivity index is 1.74. The highest BCUT2D eigenvalue weighted by atomic mass is 79.9. The van der Waals surface area contributed by atoms with Crippen LogP contribution in [0.4, 0.5) is 5.69 Å². The molecular weight excluding hydrogens is 314 g/mol. The molecule has 2 rings (SSSR count). The molecule has 1 aliphatic rings. The second kappa shape index (κ2) is 6.15. The smallest absolute Gasteiger partial charge is 0.243 e. The SMILES string of the molecule is O=C(CNC(=S)NC1CC1)Nc1ccccc1Br. The molecule has 6 heteroatoms. The monoisotopic (exact) mass is 327 g/mol. The van der Waals surface area contributed by atoms with Crippen molar-refractivity contribution in [2.24, 2.45) is 0 Å². The van der Waals surface area contributed by atoms with Crippen molar-refractivity contribution in [3.05, 3.63) is 28.7 Å². The van der Waals surface area contributed by atoms with E-state index in [0.717, 1.165) is 23.0 Å². The Labute approximate surface area is 120 Å². The van der Waals surface area contributed by atoms with Gasteiger partial charge >= 0.3 is 0 Å². The molecule has 18 heavy (non-hydrogen) atoms. The summed E-state index contributed by atoms with van der Waals surface area (Å²) in [4.78, 5) is 11.7. The van der Waals surface area contributed by atoms with Gasteiger partial charge in [0.15, 0.2) is 5.11 Å². The summed E-state index contributed by atoms with van der Waals surface area (Å²) in [6.45, 7) is 0.167. The summed E-state index contributed by atoms with van der Waals surface area (Å²) >= 11 is 8.44. The van der Waals surface area contributed by atoms with Crippen LogP contribution in [0.25, 0.3) is 0 Å². The van der Waals surface area contributed by atoms with Crippen molar-refractivity contribution in [2.45, 2.75) is 18.9 Å². The lowest BCUT2D eigenvalue weighted by molar-refractivity contribution is -0.115. The maximum Gasteiger partial charge on any atom is 0.243 e. The Morgan fingerprint density at radius 2 is 2.11 bits per heavy atom. The molecule has 1 aliphatic carbocycles. The minimum atomic E-state index is -0.123. The number of para-hydroxylation sites is 1. The van der Waals surface area contributed by atoms with Crippen LogP contribution in [0.3, 0.4) is 0 Å². The number of hydrogen-bond donors (Lipinski definition) is 3. The number of hydrogen-bond acceptors (Lipinski definition) is 2. The third kappa shape index (κ3) is 4.27. The van der Waals surface area contributed by atoms with Gasteiger partial charge in [-0.25, -0.2) is 0 Å². The number of rotatable bonds is 4. The first-order valence-electron chi connectivity index (χ1n) is 5.74. The fourth-order valence-electron chi connectivity index (χ4n) is 1.38. The third-order valence-electron chi connectivity index (χ3n) is 2.47. The summed E-state index contributed by atoms with van der Waals surface area (Å²) in [5, 5.41) is 9.34. The first-order chi connectivity index (χ1) is 8.65. The van der Waals surface area contributed by atoms with E-state index in [1.807, 2.05) is 24.3 Å². The van der Waals surface area contributed by atoms with Crippen molar-refractivity contribution in [1.29, 1.82) is 0 Å². The highest BCUT2D eigenvalue weighted by molar-refractivity contribution is 9.10. The van der Waals surface area contributed by atoms with Gasteiger partial charge in [0, 0.05) is 10.5 Å². The summed E-state index contributed by atoms with van der Waals surface area (Å²) in [6, 6.07) is 7.97. The molecule has 3 N–H and O–H groups in total. The molecule has 96 valence electrons. The fourth-order valence-corrected chi connectivity index (χ4v) is 2.00. The number of carbonyl (C=O) groups excluding carboxylic acids is 1. The zero-order chi connectivity index (χ0) is 13.0. The van der Waals surface area contributed by atoms with Crippen molar-refractivity contribution in [1.82, 2.24) is 10.6 Å². The molecule has 0 spiro atoms. The maximum atomic E-state index is 11.7. The summed E-state index contributed by atoms with van der Waals surface area (Å²) in [7, 11) is 0. The molecule has 1 amide bonds. The molecule has 1 aromatic carbocycles. The van der Waals surface area contributed by atoms with Crippen LogP contribution in [0.15, 0.2) is 28.7 Å². The Kier molecular flexibility index (Phi) is 4.54. The number of anilines is 1. The molecule has 0 heterocycles. The standard InChI is InChI=1S/C12H14BrN3OS/c13-9-3-1-2-4-10(9)16-11(17)7-14-12(18)15-8-5-6-8/h1-4,8H,5-7H2,(H,16,17)(H2,14,15,18). The molecule has 0 aliphatic heterocycles. The first kappa shape index (κ1) is 13.3. The number of nitrogens with one attached hydrogen (secondary N) is 3. The molecule has 0 unspecified atom stereocenters. The normalized spacial score (nSPS) is 13.8. The van der Waals surface area contributed by atoms with E-state index in [1.54, 1.807) is 0 Å². The predicted octanol–water partition coefficient (Wildman–Crippen LogP) is 2.01. The van der Waals surface area contributed by atoms with Crippen LogP contribution in [-0.2, 0) is 4.79 Å². The van der Waals surface area contributed by atoms with Crippen LogP contribution in [-0.4, -0.2) is 23.6 Å². The van der Waals surface area contributed by atoms with Crippen LogP contribution in [0.1, 0.15) is 12.8 Å². The number of benzene rings is 1. The van der Waals surface area contributed by atoms with Crippen molar-refractivity contribution in [3.8, 4) is 0 Å². The van der Waals surface area contributed by atoms with Crippen molar-refractivity contribution >= 4 is 44.9 Å². The quantitative estimate of drug-likeness (QED) is 0.740. The summed E-state index contributed by atoms with van der Waals surface area (Å²) in [5.41, 5.74) is 0.755. The van der Waals surface area contributed by atoms with Gasteiger partial charge < -0.3 is 16.0 Å². The predicted molar refractivity (Wildman–Crippen MR) is 79.5 cm³/mol. The maximum absolute atomic E-state index is 11.7. The molecule has 0 atom stereocenters. The zero-order valence-corrected chi connectivity index (χ0v) is 12.1. The number of amides is 1. The molecule has 0 radical (unpaired) electrons. The molecule has 4 nitrogen and oxygen atoms in total. The molecule has 0 bridgehead atoms. The van der Waals surface area contributed by atoms with Crippen LogP contribution in [0.5, 0.6) is 0 Å². The van der Waals surface area contributed by atoms with E-state index in [2.05, 4.69) is 31.9 Å². The number of carbonyl (C=O) groups is 1. The fraction of sp³-hybridized carbons (Fsp3) is 0.333. The van der Waals surface area contributed by atoms with Crippen LogP contribution in [0, 0.1) is 0 Å².